The van der Waals surface area contributed by atoms with Crippen molar-refractivity contribution in [1.82, 2.24) is 0 Å². The number of carbonyl (C=O) groups is 1. The Bertz CT molecular complexity index is 502. The van der Waals surface area contributed by atoms with Gasteiger partial charge < -0.3 is 0 Å². The minimum atomic E-state index is -0.284. The Hall–Kier alpha value is -1.96. The van der Waals surface area contributed by atoms with Gasteiger partial charge in [-0.05, 0) is 17.7 Å². The fraction of sp³-hybridized carbons (Fsp3) is 0.133. The molecule has 0 unspecified atom stereocenters. The van der Waals surface area contributed by atoms with E-state index in [4.69, 9.17) is 0 Å². The quantitative estimate of drug-likeness (QED) is 0.730. The molecule has 0 spiro atoms. The zero-order chi connectivity index (χ0) is 12.3. The molecule has 2 rings (SSSR count). The number of rotatable bonds is 3. The molecule has 0 saturated carbocycles. The Morgan fingerprint density at radius 2 is 1.59 bits per heavy atom. The van der Waals surface area contributed by atoms with Gasteiger partial charge in [-0.2, -0.15) is 0 Å². The number of carbonyl (C=O) groups excluding carboxylic acids is 1. The maximum absolute atomic E-state index is 12.8. The zero-order valence-electron chi connectivity index (χ0n) is 9.56. The predicted octanol–water partition coefficient (Wildman–Crippen LogP) is 3.81. The van der Waals surface area contributed by atoms with Gasteiger partial charge in [0.25, 0.3) is 0 Å². The molecular weight excluding hydrogens is 215 g/mol. The van der Waals surface area contributed by atoms with Crippen molar-refractivity contribution in [3.8, 4) is 0 Å². The molecule has 2 heteroatoms. The first-order valence-electron chi connectivity index (χ1n) is 5.53. The van der Waals surface area contributed by atoms with Crippen molar-refractivity contribution in [1.29, 1.82) is 0 Å². The molecule has 0 aliphatic carbocycles. The molecule has 0 heterocycles. The second-order valence-corrected chi connectivity index (χ2v) is 4.00. The number of Topliss-reactive ketones (excluding diaryl/α,β-unsaturated/α-hetero) is 1. The van der Waals surface area contributed by atoms with E-state index in [1.807, 2.05) is 25.1 Å². The highest BCUT2D eigenvalue weighted by molar-refractivity contribution is 6.00. The SMILES string of the molecule is C[C@H](C(=O)c1ccccc1)c1ccc(F)cc1. The lowest BCUT2D eigenvalue weighted by Crippen LogP contribution is -2.09. The highest BCUT2D eigenvalue weighted by Crippen LogP contribution is 2.20. The Balaban J connectivity index is 2.23. The van der Waals surface area contributed by atoms with Gasteiger partial charge in [0, 0.05) is 11.5 Å². The van der Waals surface area contributed by atoms with Gasteiger partial charge in [-0.25, -0.2) is 4.39 Å². The fourth-order valence-corrected chi connectivity index (χ4v) is 1.76. The van der Waals surface area contributed by atoms with Crippen molar-refractivity contribution in [2.24, 2.45) is 0 Å². The van der Waals surface area contributed by atoms with Crippen LogP contribution >= 0.6 is 0 Å². The summed E-state index contributed by atoms with van der Waals surface area (Å²) < 4.78 is 12.8. The van der Waals surface area contributed by atoms with Gasteiger partial charge in [-0.15, -0.1) is 0 Å². The van der Waals surface area contributed by atoms with Crippen LogP contribution in [0.4, 0.5) is 4.39 Å². The van der Waals surface area contributed by atoms with Crippen LogP contribution in [0.1, 0.15) is 28.8 Å². The number of ketones is 1. The van der Waals surface area contributed by atoms with Crippen LogP contribution < -0.4 is 0 Å². The lowest BCUT2D eigenvalue weighted by molar-refractivity contribution is 0.0966. The van der Waals surface area contributed by atoms with E-state index in [-0.39, 0.29) is 17.5 Å². The van der Waals surface area contributed by atoms with Crippen LogP contribution in [0.15, 0.2) is 54.6 Å². The summed E-state index contributed by atoms with van der Waals surface area (Å²) in [4.78, 5) is 12.1. The summed E-state index contributed by atoms with van der Waals surface area (Å²) in [5, 5.41) is 0. The van der Waals surface area contributed by atoms with Crippen LogP contribution in [0.3, 0.4) is 0 Å². The molecule has 0 N–H and O–H groups in total. The number of benzene rings is 2. The van der Waals surface area contributed by atoms with Gasteiger partial charge in [-0.1, -0.05) is 49.4 Å². The van der Waals surface area contributed by atoms with Gasteiger partial charge in [0.05, 0.1) is 0 Å². The summed E-state index contributed by atoms with van der Waals surface area (Å²) in [5.74, 6) is -0.483. The average molecular weight is 228 g/mol. The fourth-order valence-electron chi connectivity index (χ4n) is 1.76. The van der Waals surface area contributed by atoms with E-state index in [9.17, 15) is 9.18 Å². The Labute approximate surface area is 99.9 Å². The molecule has 2 aromatic carbocycles. The van der Waals surface area contributed by atoms with E-state index >= 15 is 0 Å². The van der Waals surface area contributed by atoms with Crippen LogP contribution in [0.25, 0.3) is 0 Å². The van der Waals surface area contributed by atoms with Crippen LogP contribution in [0.5, 0.6) is 0 Å². The first kappa shape index (κ1) is 11.5. The summed E-state index contributed by atoms with van der Waals surface area (Å²) in [6, 6.07) is 15.2. The van der Waals surface area contributed by atoms with E-state index in [0.29, 0.717) is 5.56 Å². The van der Waals surface area contributed by atoms with E-state index in [1.54, 1.807) is 24.3 Å². The first-order chi connectivity index (χ1) is 8.18. The van der Waals surface area contributed by atoms with Gasteiger partial charge in [0.1, 0.15) is 5.82 Å². The third kappa shape index (κ3) is 2.59. The summed E-state index contributed by atoms with van der Waals surface area (Å²) in [7, 11) is 0. The maximum Gasteiger partial charge on any atom is 0.170 e. The molecule has 0 aliphatic heterocycles. The van der Waals surface area contributed by atoms with Crippen molar-refractivity contribution in [2.45, 2.75) is 12.8 Å². The minimum Gasteiger partial charge on any atom is -0.294 e. The van der Waals surface area contributed by atoms with Gasteiger partial charge in [-0.3, -0.25) is 4.79 Å². The molecular formula is C15H13FO. The van der Waals surface area contributed by atoms with E-state index < -0.39 is 0 Å². The smallest absolute Gasteiger partial charge is 0.170 e. The average Bonchev–Trinajstić information content (AvgIpc) is 2.39. The van der Waals surface area contributed by atoms with Gasteiger partial charge >= 0.3 is 0 Å². The molecule has 86 valence electrons. The minimum absolute atomic E-state index is 0.0530. The summed E-state index contributed by atoms with van der Waals surface area (Å²) in [6.45, 7) is 1.84. The molecule has 0 saturated heterocycles. The molecule has 1 nitrogen and oxygen atoms in total. The number of hydrogen-bond donors (Lipinski definition) is 0. The van der Waals surface area contributed by atoms with Crippen LogP contribution in [-0.2, 0) is 0 Å². The van der Waals surface area contributed by atoms with E-state index in [2.05, 4.69) is 0 Å². The normalized spacial score (nSPS) is 12.1. The monoisotopic (exact) mass is 228 g/mol. The van der Waals surface area contributed by atoms with Gasteiger partial charge in [0.2, 0.25) is 0 Å². The van der Waals surface area contributed by atoms with Crippen LogP contribution in [0, 0.1) is 5.82 Å². The van der Waals surface area contributed by atoms with Gasteiger partial charge in [0.15, 0.2) is 5.78 Å². The predicted molar refractivity (Wildman–Crippen MR) is 65.6 cm³/mol. The largest absolute Gasteiger partial charge is 0.294 e. The third-order valence-electron chi connectivity index (χ3n) is 2.82. The third-order valence-corrected chi connectivity index (χ3v) is 2.82. The summed E-state index contributed by atoms with van der Waals surface area (Å²) >= 11 is 0. The number of halogens is 1. The lowest BCUT2D eigenvalue weighted by atomic mass is 9.92. The lowest BCUT2D eigenvalue weighted by Gasteiger charge is -2.10. The van der Waals surface area contributed by atoms with Crippen molar-refractivity contribution in [2.75, 3.05) is 0 Å². The van der Waals surface area contributed by atoms with Crippen molar-refractivity contribution < 1.29 is 9.18 Å². The highest BCUT2D eigenvalue weighted by atomic mass is 19.1. The molecule has 0 aliphatic rings. The van der Waals surface area contributed by atoms with Crippen LogP contribution in [0.2, 0.25) is 0 Å². The summed E-state index contributed by atoms with van der Waals surface area (Å²) in [6.07, 6.45) is 0. The summed E-state index contributed by atoms with van der Waals surface area (Å²) in [5.41, 5.74) is 1.52. The Morgan fingerprint density at radius 3 is 2.18 bits per heavy atom. The molecule has 17 heavy (non-hydrogen) atoms. The standard InChI is InChI=1S/C15H13FO/c1-11(12-7-9-14(16)10-8-12)15(17)13-5-3-2-4-6-13/h2-11H,1H3/t11-/m0/s1. The van der Waals surface area contributed by atoms with Crippen molar-refractivity contribution in [3.63, 3.8) is 0 Å². The Morgan fingerprint density at radius 1 is 1.00 bits per heavy atom. The van der Waals surface area contributed by atoms with E-state index in [1.165, 1.54) is 12.1 Å². The molecule has 0 amide bonds. The molecule has 2 aromatic rings. The Kier molecular flexibility index (Phi) is 3.33. The molecule has 0 radical (unpaired) electrons. The molecule has 0 fully saturated rings. The maximum atomic E-state index is 12.8. The van der Waals surface area contributed by atoms with Crippen LogP contribution in [-0.4, -0.2) is 5.78 Å². The highest BCUT2D eigenvalue weighted by Gasteiger charge is 2.16. The second-order valence-electron chi connectivity index (χ2n) is 4.00. The second kappa shape index (κ2) is 4.91. The zero-order valence-corrected chi connectivity index (χ0v) is 9.56. The van der Waals surface area contributed by atoms with Crippen molar-refractivity contribution in [3.05, 3.63) is 71.5 Å². The molecule has 0 bridgehead atoms. The molecule has 0 aromatic heterocycles. The number of hydrogen-bond acceptors (Lipinski definition) is 1. The molecule has 1 atom stereocenters. The first-order valence-corrected chi connectivity index (χ1v) is 5.53. The van der Waals surface area contributed by atoms with E-state index in [0.717, 1.165) is 5.56 Å². The van der Waals surface area contributed by atoms with Crippen molar-refractivity contribution >= 4 is 5.78 Å². The topological polar surface area (TPSA) is 17.1 Å².